The van der Waals surface area contributed by atoms with E-state index in [1.165, 1.54) is 0 Å². The van der Waals surface area contributed by atoms with Crippen molar-refractivity contribution >= 4 is 0 Å². The quantitative estimate of drug-likeness (QED) is 0.720. The number of nitriles is 1. The van der Waals surface area contributed by atoms with Crippen molar-refractivity contribution in [1.82, 2.24) is 4.90 Å². The minimum absolute atomic E-state index is 0.253. The Morgan fingerprint density at radius 2 is 2.14 bits per heavy atom. The van der Waals surface area contributed by atoms with Crippen LogP contribution < -0.4 is 5.73 Å². The number of rotatable bonds is 2. The van der Waals surface area contributed by atoms with E-state index in [9.17, 15) is 0 Å². The summed E-state index contributed by atoms with van der Waals surface area (Å²) in [6.07, 6.45) is 1.11. The van der Waals surface area contributed by atoms with Crippen LogP contribution in [0.15, 0.2) is 0 Å². The summed E-state index contributed by atoms with van der Waals surface area (Å²) in [5, 5.41) is 8.95. The third-order valence-corrected chi connectivity index (χ3v) is 2.69. The fourth-order valence-corrected chi connectivity index (χ4v) is 2.24. The summed E-state index contributed by atoms with van der Waals surface area (Å²) < 4.78 is 0. The minimum atomic E-state index is -0.253. The molecule has 2 atom stereocenters. The van der Waals surface area contributed by atoms with Gasteiger partial charge in [-0.25, -0.2) is 0 Å². The summed E-state index contributed by atoms with van der Waals surface area (Å²) in [5.74, 6) is 0.660. The number of piperidine rings is 1. The van der Waals surface area contributed by atoms with Crippen molar-refractivity contribution in [2.24, 2.45) is 17.1 Å². The van der Waals surface area contributed by atoms with E-state index in [1.54, 1.807) is 0 Å². The predicted molar refractivity (Wildman–Crippen MR) is 57.6 cm³/mol. The molecule has 1 saturated heterocycles. The van der Waals surface area contributed by atoms with Gasteiger partial charge in [0.05, 0.1) is 11.5 Å². The van der Waals surface area contributed by atoms with Crippen LogP contribution in [0.1, 0.15) is 27.2 Å². The Balaban J connectivity index is 2.49. The Morgan fingerprint density at radius 3 is 2.64 bits per heavy atom. The number of hydrogen-bond acceptors (Lipinski definition) is 3. The fourth-order valence-electron chi connectivity index (χ4n) is 2.24. The maximum atomic E-state index is 8.95. The van der Waals surface area contributed by atoms with Gasteiger partial charge in [0.2, 0.25) is 0 Å². The second kappa shape index (κ2) is 4.29. The van der Waals surface area contributed by atoms with Gasteiger partial charge >= 0.3 is 0 Å². The van der Waals surface area contributed by atoms with E-state index in [1.807, 2.05) is 13.8 Å². The van der Waals surface area contributed by atoms with E-state index in [0.717, 1.165) is 26.1 Å². The maximum Gasteiger partial charge on any atom is 0.0697 e. The monoisotopic (exact) mass is 195 g/mol. The average molecular weight is 195 g/mol. The van der Waals surface area contributed by atoms with Gasteiger partial charge in [0, 0.05) is 25.7 Å². The summed E-state index contributed by atoms with van der Waals surface area (Å²) in [6.45, 7) is 9.05. The third-order valence-electron chi connectivity index (χ3n) is 2.69. The minimum Gasteiger partial charge on any atom is -0.327 e. The largest absolute Gasteiger partial charge is 0.327 e. The molecule has 1 rings (SSSR count). The van der Waals surface area contributed by atoms with Gasteiger partial charge in [-0.05, 0) is 26.2 Å². The summed E-state index contributed by atoms with van der Waals surface area (Å²) in [5.41, 5.74) is 5.70. The van der Waals surface area contributed by atoms with Crippen molar-refractivity contribution in [3.8, 4) is 6.07 Å². The number of nitrogens with two attached hydrogens (primary N) is 1. The zero-order valence-corrected chi connectivity index (χ0v) is 9.45. The molecule has 3 heteroatoms. The first-order chi connectivity index (χ1) is 6.43. The molecule has 0 aromatic heterocycles. The van der Waals surface area contributed by atoms with Crippen LogP contribution in [-0.2, 0) is 0 Å². The van der Waals surface area contributed by atoms with Gasteiger partial charge in [0.1, 0.15) is 0 Å². The molecule has 1 aliphatic rings. The van der Waals surface area contributed by atoms with Gasteiger partial charge in [0.15, 0.2) is 0 Å². The highest BCUT2D eigenvalue weighted by atomic mass is 15.2. The summed E-state index contributed by atoms with van der Waals surface area (Å²) in [6, 6.07) is 2.62. The molecular formula is C11H21N3. The van der Waals surface area contributed by atoms with E-state index >= 15 is 0 Å². The van der Waals surface area contributed by atoms with Gasteiger partial charge < -0.3 is 5.73 Å². The molecule has 0 aromatic rings. The van der Waals surface area contributed by atoms with Crippen molar-refractivity contribution in [1.29, 1.82) is 5.26 Å². The van der Waals surface area contributed by atoms with Crippen LogP contribution in [0.3, 0.4) is 0 Å². The molecule has 0 spiro atoms. The molecular weight excluding hydrogens is 174 g/mol. The molecule has 80 valence electrons. The molecule has 0 aliphatic carbocycles. The first-order valence-electron chi connectivity index (χ1n) is 5.32. The second-order valence-corrected chi connectivity index (χ2v) is 5.29. The highest BCUT2D eigenvalue weighted by Crippen LogP contribution is 2.21. The lowest BCUT2D eigenvalue weighted by Gasteiger charge is -2.37. The topological polar surface area (TPSA) is 53.0 Å². The Morgan fingerprint density at radius 1 is 1.50 bits per heavy atom. The first kappa shape index (κ1) is 11.5. The van der Waals surface area contributed by atoms with Gasteiger partial charge in [-0.3, -0.25) is 4.90 Å². The van der Waals surface area contributed by atoms with E-state index in [0.29, 0.717) is 5.92 Å². The van der Waals surface area contributed by atoms with Crippen molar-refractivity contribution in [3.63, 3.8) is 0 Å². The normalized spacial score (nSPS) is 29.9. The molecule has 0 amide bonds. The Bertz CT molecular complexity index is 219. The van der Waals surface area contributed by atoms with E-state index in [-0.39, 0.29) is 11.5 Å². The zero-order chi connectivity index (χ0) is 10.8. The molecule has 3 nitrogen and oxygen atoms in total. The number of nitrogens with zero attached hydrogens (tertiary/aromatic N) is 2. The first-order valence-corrected chi connectivity index (χ1v) is 5.32. The molecule has 1 heterocycles. The predicted octanol–water partition coefficient (Wildman–Crippen LogP) is 1.21. The van der Waals surface area contributed by atoms with Crippen LogP contribution in [0.5, 0.6) is 0 Å². The SMILES string of the molecule is CC1CC(N)CN(CC(C)(C)C#N)C1. The van der Waals surface area contributed by atoms with Crippen molar-refractivity contribution in [3.05, 3.63) is 0 Å². The van der Waals surface area contributed by atoms with Crippen molar-refractivity contribution in [2.75, 3.05) is 19.6 Å². The molecule has 1 fully saturated rings. The van der Waals surface area contributed by atoms with Crippen LogP contribution in [0.2, 0.25) is 0 Å². The molecule has 2 unspecified atom stereocenters. The average Bonchev–Trinajstić information content (AvgIpc) is 2.01. The van der Waals surface area contributed by atoms with Crippen molar-refractivity contribution in [2.45, 2.75) is 33.2 Å². The number of likely N-dealkylation sites (tertiary alicyclic amines) is 1. The van der Waals surface area contributed by atoms with Gasteiger partial charge in [-0.1, -0.05) is 6.92 Å². The Hall–Kier alpha value is -0.590. The maximum absolute atomic E-state index is 8.95. The molecule has 0 radical (unpaired) electrons. The van der Waals surface area contributed by atoms with Crippen LogP contribution in [-0.4, -0.2) is 30.6 Å². The smallest absolute Gasteiger partial charge is 0.0697 e. The van der Waals surface area contributed by atoms with Gasteiger partial charge in [-0.2, -0.15) is 5.26 Å². The molecule has 0 bridgehead atoms. The Labute approximate surface area is 86.9 Å². The highest BCUT2D eigenvalue weighted by Gasteiger charge is 2.27. The number of hydrogen-bond donors (Lipinski definition) is 1. The van der Waals surface area contributed by atoms with Crippen LogP contribution in [0.4, 0.5) is 0 Å². The van der Waals surface area contributed by atoms with Crippen LogP contribution >= 0.6 is 0 Å². The van der Waals surface area contributed by atoms with Crippen LogP contribution in [0, 0.1) is 22.7 Å². The zero-order valence-electron chi connectivity index (χ0n) is 9.45. The molecule has 2 N–H and O–H groups in total. The summed E-state index contributed by atoms with van der Waals surface area (Å²) >= 11 is 0. The highest BCUT2D eigenvalue weighted by molar-refractivity contribution is 4.95. The van der Waals surface area contributed by atoms with Gasteiger partial charge in [0.25, 0.3) is 0 Å². The lowest BCUT2D eigenvalue weighted by molar-refractivity contribution is 0.134. The third kappa shape index (κ3) is 3.28. The molecule has 0 saturated carbocycles. The summed E-state index contributed by atoms with van der Waals surface area (Å²) in [7, 11) is 0. The lowest BCUT2D eigenvalue weighted by atomic mass is 9.91. The molecule has 14 heavy (non-hydrogen) atoms. The van der Waals surface area contributed by atoms with E-state index < -0.39 is 0 Å². The van der Waals surface area contributed by atoms with E-state index in [2.05, 4.69) is 17.9 Å². The standard InChI is InChI=1S/C11H21N3/c1-9-4-10(13)6-14(5-9)8-11(2,3)7-12/h9-10H,4-6,8,13H2,1-3H3. The second-order valence-electron chi connectivity index (χ2n) is 5.29. The fraction of sp³-hybridized carbons (Fsp3) is 0.909. The van der Waals surface area contributed by atoms with Crippen LogP contribution in [0.25, 0.3) is 0 Å². The summed E-state index contributed by atoms with van der Waals surface area (Å²) in [4.78, 5) is 2.32. The molecule has 1 aliphatic heterocycles. The Kier molecular flexibility index (Phi) is 3.52. The van der Waals surface area contributed by atoms with Crippen molar-refractivity contribution < 1.29 is 0 Å². The lowest BCUT2D eigenvalue weighted by Crippen LogP contribution is -2.48. The van der Waals surface area contributed by atoms with Gasteiger partial charge in [-0.15, -0.1) is 0 Å². The van der Waals surface area contributed by atoms with E-state index in [4.69, 9.17) is 11.0 Å². The molecule has 0 aromatic carbocycles.